The van der Waals surface area contributed by atoms with E-state index in [2.05, 4.69) is 4.98 Å². The monoisotopic (exact) mass is 336 g/mol. The number of pyridine rings is 1. The van der Waals surface area contributed by atoms with Gasteiger partial charge in [-0.15, -0.1) is 0 Å². The Morgan fingerprint density at radius 1 is 1.41 bits per heavy atom. The van der Waals surface area contributed by atoms with Crippen LogP contribution in [0, 0.1) is 5.92 Å². The second kappa shape index (κ2) is 5.25. The van der Waals surface area contributed by atoms with Crippen LogP contribution in [0.3, 0.4) is 0 Å². The molecule has 0 spiro atoms. The van der Waals surface area contributed by atoms with Crippen molar-refractivity contribution in [2.45, 2.75) is 25.0 Å². The van der Waals surface area contributed by atoms with E-state index in [1.54, 1.807) is 43.6 Å². The van der Waals surface area contributed by atoms with Gasteiger partial charge in [0.05, 0.1) is 0 Å². The van der Waals surface area contributed by atoms with E-state index in [9.17, 15) is 8.42 Å². The molecule has 0 fully saturated rings. The molecule has 0 aromatic carbocycles. The molecule has 4 nitrogen and oxygen atoms in total. The van der Waals surface area contributed by atoms with Crippen LogP contribution in [0.2, 0.25) is 0 Å². The van der Waals surface area contributed by atoms with E-state index in [1.165, 1.54) is 3.97 Å². The van der Waals surface area contributed by atoms with Gasteiger partial charge in [0.1, 0.15) is 4.75 Å². The molecular weight excluding hydrogens is 320 g/mol. The Labute approximate surface area is 135 Å². The first-order valence-electron chi connectivity index (χ1n) is 7.14. The number of hydrogen-bond acceptors (Lipinski definition) is 3. The van der Waals surface area contributed by atoms with E-state index in [-0.39, 0.29) is 5.92 Å². The number of nitrogens with zero attached hydrogens (tertiary/aromatic N) is 2. The van der Waals surface area contributed by atoms with E-state index in [0.29, 0.717) is 17.1 Å². The topological polar surface area (TPSA) is 52.0 Å². The Morgan fingerprint density at radius 3 is 2.91 bits per heavy atom. The number of allylic oxidation sites excluding steroid dienone is 3. The maximum Gasteiger partial charge on any atom is 0.249 e. The van der Waals surface area contributed by atoms with E-state index in [1.807, 2.05) is 19.1 Å². The summed E-state index contributed by atoms with van der Waals surface area (Å²) in [6.45, 7) is 3.70. The lowest BCUT2D eigenvalue weighted by Gasteiger charge is -2.34. The highest BCUT2D eigenvalue weighted by molar-refractivity contribution is 7.91. The molecule has 0 aliphatic heterocycles. The van der Waals surface area contributed by atoms with Gasteiger partial charge in [0.25, 0.3) is 0 Å². The minimum atomic E-state index is -3.67. The molecule has 2 heterocycles. The highest BCUT2D eigenvalue weighted by Gasteiger charge is 2.45. The van der Waals surface area contributed by atoms with Crippen LogP contribution in [0.1, 0.15) is 20.3 Å². The Kier molecular flexibility index (Phi) is 3.65. The number of halogens is 1. The van der Waals surface area contributed by atoms with Gasteiger partial charge >= 0.3 is 0 Å². The summed E-state index contributed by atoms with van der Waals surface area (Å²) in [4.78, 5) is 4.22. The summed E-state index contributed by atoms with van der Waals surface area (Å²) < 4.78 is 26.7. The zero-order valence-corrected chi connectivity index (χ0v) is 14.0. The lowest BCUT2D eigenvalue weighted by atomic mass is 9.87. The highest BCUT2D eigenvalue weighted by Crippen LogP contribution is 2.38. The Balaban J connectivity index is 2.19. The van der Waals surface area contributed by atoms with Gasteiger partial charge in [-0.2, -0.15) is 0 Å². The van der Waals surface area contributed by atoms with E-state index in [4.69, 9.17) is 11.6 Å². The van der Waals surface area contributed by atoms with Crippen molar-refractivity contribution in [3.8, 4) is 0 Å². The predicted molar refractivity (Wildman–Crippen MR) is 89.3 cm³/mol. The van der Waals surface area contributed by atoms with Crippen molar-refractivity contribution in [2.75, 3.05) is 0 Å². The van der Waals surface area contributed by atoms with Crippen LogP contribution in [0.4, 0.5) is 0 Å². The molecule has 0 saturated carbocycles. The lowest BCUT2D eigenvalue weighted by Crippen LogP contribution is -2.44. The lowest BCUT2D eigenvalue weighted by molar-refractivity contribution is 0.474. The zero-order valence-electron chi connectivity index (χ0n) is 12.4. The normalized spacial score (nSPS) is 25.4. The standard InChI is InChI=1S/C16H17ClN2O2S/c1-3-13-11-14(17)6-8-16(13,2)22(20,21)19-10-7-12-5-4-9-18-15(12)19/h4-11,13H,3H2,1-2H3. The molecule has 2 aromatic rings. The van der Waals surface area contributed by atoms with Crippen LogP contribution < -0.4 is 0 Å². The van der Waals surface area contributed by atoms with Gasteiger partial charge in [-0.3, -0.25) is 0 Å². The zero-order chi connectivity index (χ0) is 16.0. The SMILES string of the molecule is CCC1C=C(Cl)C=CC1(C)S(=O)(=O)n1ccc2cccnc21. The summed E-state index contributed by atoms with van der Waals surface area (Å²) >= 11 is 6.05. The molecule has 1 aliphatic carbocycles. The first kappa shape index (κ1) is 15.3. The van der Waals surface area contributed by atoms with Gasteiger partial charge in [-0.05, 0) is 37.6 Å². The largest absolute Gasteiger partial charge is 0.249 e. The molecule has 2 unspecified atom stereocenters. The van der Waals surface area contributed by atoms with Crippen LogP contribution in [-0.4, -0.2) is 22.1 Å². The number of fused-ring (bicyclic) bond motifs is 1. The van der Waals surface area contributed by atoms with Crippen molar-refractivity contribution in [1.29, 1.82) is 0 Å². The second-order valence-corrected chi connectivity index (χ2v) is 8.28. The van der Waals surface area contributed by atoms with Crippen LogP contribution in [0.25, 0.3) is 11.0 Å². The van der Waals surface area contributed by atoms with Crippen molar-refractivity contribution < 1.29 is 8.42 Å². The fraction of sp³-hybridized carbons (Fsp3) is 0.312. The molecule has 0 bridgehead atoms. The third kappa shape index (κ3) is 2.11. The molecule has 0 saturated heterocycles. The number of hydrogen-bond donors (Lipinski definition) is 0. The van der Waals surface area contributed by atoms with Crippen molar-refractivity contribution >= 4 is 32.7 Å². The average Bonchev–Trinajstić information content (AvgIpc) is 2.94. The van der Waals surface area contributed by atoms with Crippen LogP contribution >= 0.6 is 11.6 Å². The fourth-order valence-electron chi connectivity index (χ4n) is 2.93. The summed E-state index contributed by atoms with van der Waals surface area (Å²) in [5, 5.41) is 1.38. The van der Waals surface area contributed by atoms with Gasteiger partial charge in [0, 0.05) is 28.7 Å². The third-order valence-electron chi connectivity index (χ3n) is 4.34. The van der Waals surface area contributed by atoms with E-state index < -0.39 is 14.8 Å². The molecule has 116 valence electrons. The van der Waals surface area contributed by atoms with E-state index >= 15 is 0 Å². The molecular formula is C16H17ClN2O2S. The summed E-state index contributed by atoms with van der Waals surface area (Å²) in [6, 6.07) is 5.40. The Morgan fingerprint density at radius 2 is 2.18 bits per heavy atom. The molecule has 22 heavy (non-hydrogen) atoms. The third-order valence-corrected chi connectivity index (χ3v) is 6.95. The summed E-state index contributed by atoms with van der Waals surface area (Å²) in [5.41, 5.74) is 0.452. The minimum absolute atomic E-state index is 0.184. The molecule has 0 N–H and O–H groups in total. The molecule has 6 heteroatoms. The fourth-order valence-corrected chi connectivity index (χ4v) is 5.03. The maximum atomic E-state index is 13.3. The Hall–Kier alpha value is -1.59. The van der Waals surface area contributed by atoms with Crippen LogP contribution in [-0.2, 0) is 10.0 Å². The summed E-state index contributed by atoms with van der Waals surface area (Å²) in [5.74, 6) is -0.184. The van der Waals surface area contributed by atoms with Gasteiger partial charge in [0.2, 0.25) is 10.0 Å². The predicted octanol–water partition coefficient (Wildman–Crippen LogP) is 3.69. The molecule has 1 aliphatic rings. The van der Waals surface area contributed by atoms with Gasteiger partial charge in [-0.1, -0.05) is 30.7 Å². The average molecular weight is 337 g/mol. The number of aromatic nitrogens is 2. The second-order valence-electron chi connectivity index (χ2n) is 5.62. The molecule has 2 atom stereocenters. The maximum absolute atomic E-state index is 13.3. The van der Waals surface area contributed by atoms with Crippen molar-refractivity contribution in [2.24, 2.45) is 5.92 Å². The first-order chi connectivity index (χ1) is 10.4. The summed E-state index contributed by atoms with van der Waals surface area (Å²) in [6.07, 6.45) is 9.01. The van der Waals surface area contributed by atoms with Crippen LogP contribution in [0.5, 0.6) is 0 Å². The number of rotatable bonds is 3. The smallest absolute Gasteiger partial charge is 0.237 e. The van der Waals surface area contributed by atoms with E-state index in [0.717, 1.165) is 5.39 Å². The molecule has 2 aromatic heterocycles. The quantitative estimate of drug-likeness (QED) is 0.858. The van der Waals surface area contributed by atoms with Gasteiger partial charge < -0.3 is 0 Å². The molecule has 0 radical (unpaired) electrons. The van der Waals surface area contributed by atoms with Crippen molar-refractivity contribution in [1.82, 2.24) is 8.96 Å². The summed E-state index contributed by atoms with van der Waals surface area (Å²) in [7, 11) is -3.67. The van der Waals surface area contributed by atoms with Crippen molar-refractivity contribution in [3.63, 3.8) is 0 Å². The molecule has 0 amide bonds. The van der Waals surface area contributed by atoms with Crippen molar-refractivity contribution in [3.05, 3.63) is 53.9 Å². The molecule has 3 rings (SSSR count). The first-order valence-corrected chi connectivity index (χ1v) is 8.95. The minimum Gasteiger partial charge on any atom is -0.237 e. The van der Waals surface area contributed by atoms with Crippen LogP contribution in [0.15, 0.2) is 53.9 Å². The van der Waals surface area contributed by atoms with Gasteiger partial charge in [-0.25, -0.2) is 17.4 Å². The highest BCUT2D eigenvalue weighted by atomic mass is 35.5. The van der Waals surface area contributed by atoms with Gasteiger partial charge in [0.15, 0.2) is 5.65 Å². The Bertz CT molecular complexity index is 882.